The second kappa shape index (κ2) is 7.77. The molecule has 2 aromatic carbocycles. The van der Waals surface area contributed by atoms with Gasteiger partial charge in [0.1, 0.15) is 12.3 Å². The average Bonchev–Trinajstić information content (AvgIpc) is 3.31. The fraction of sp³-hybridized carbons (Fsp3) is 0.594. The van der Waals surface area contributed by atoms with Crippen molar-refractivity contribution in [3.05, 3.63) is 59.2 Å². The van der Waals surface area contributed by atoms with Gasteiger partial charge in [-0.2, -0.15) is 0 Å². The summed E-state index contributed by atoms with van der Waals surface area (Å²) in [5, 5.41) is 14.7. The van der Waals surface area contributed by atoms with Gasteiger partial charge in [0.15, 0.2) is 0 Å². The van der Waals surface area contributed by atoms with Crippen molar-refractivity contribution in [3.63, 3.8) is 0 Å². The number of epoxide rings is 1. The number of aliphatic hydroxyl groups excluding tert-OH is 1. The number of ether oxygens (including phenoxy) is 1. The van der Waals surface area contributed by atoms with Gasteiger partial charge in [0.2, 0.25) is 5.91 Å². The van der Waals surface area contributed by atoms with E-state index in [1.54, 1.807) is 0 Å². The minimum atomic E-state index is -0.592. The Kier molecular flexibility index (Phi) is 4.82. The van der Waals surface area contributed by atoms with Crippen LogP contribution in [0.4, 0.5) is 11.4 Å². The molecule has 0 aliphatic carbocycles. The first-order valence-electron chi connectivity index (χ1n) is 14.9. The van der Waals surface area contributed by atoms with Crippen molar-refractivity contribution in [3.8, 4) is 0 Å². The molecule has 0 saturated carbocycles. The zero-order chi connectivity index (χ0) is 26.9. The number of piperidine rings is 1. The molecule has 1 unspecified atom stereocenters. The minimum absolute atomic E-state index is 0.0761. The second-order valence-corrected chi connectivity index (χ2v) is 13.3. The number of hydrogen-bond donors (Lipinski definition) is 2. The topological polar surface area (TPSA) is 71.6 Å². The van der Waals surface area contributed by atoms with Crippen LogP contribution in [-0.4, -0.2) is 71.1 Å². The highest BCUT2D eigenvalue weighted by Gasteiger charge is 2.77. The van der Waals surface area contributed by atoms with Crippen LogP contribution in [0.5, 0.6) is 0 Å². The summed E-state index contributed by atoms with van der Waals surface area (Å²) in [4.78, 5) is 21.4. The Morgan fingerprint density at radius 3 is 2.67 bits per heavy atom. The molecule has 7 nitrogen and oxygen atoms in total. The van der Waals surface area contributed by atoms with Gasteiger partial charge in [-0.25, -0.2) is 0 Å². The lowest BCUT2D eigenvalue weighted by molar-refractivity contribution is -0.144. The van der Waals surface area contributed by atoms with Crippen LogP contribution in [0, 0.1) is 0 Å². The number of nitrogens with zero attached hydrogens (tertiary/aromatic N) is 3. The number of fused-ring (bicyclic) bond motifs is 1. The third kappa shape index (κ3) is 2.77. The zero-order valence-electron chi connectivity index (χ0n) is 23.5. The molecule has 8 rings (SSSR count). The van der Waals surface area contributed by atoms with Crippen LogP contribution >= 0.6 is 0 Å². The molecule has 8 atom stereocenters. The van der Waals surface area contributed by atoms with Crippen LogP contribution in [0.15, 0.2) is 42.5 Å². The molecule has 7 heteroatoms. The van der Waals surface area contributed by atoms with Crippen LogP contribution in [0.3, 0.4) is 0 Å². The Labute approximate surface area is 231 Å². The van der Waals surface area contributed by atoms with E-state index in [0.29, 0.717) is 13.0 Å². The summed E-state index contributed by atoms with van der Waals surface area (Å²) >= 11 is 0. The van der Waals surface area contributed by atoms with E-state index in [2.05, 4.69) is 90.3 Å². The number of amides is 1. The summed E-state index contributed by atoms with van der Waals surface area (Å²) in [6, 6.07) is 15.8. The van der Waals surface area contributed by atoms with Crippen LogP contribution < -0.4 is 10.2 Å². The predicted molar refractivity (Wildman–Crippen MR) is 151 cm³/mol. The molecule has 0 radical (unpaired) electrons. The van der Waals surface area contributed by atoms with E-state index in [4.69, 9.17) is 4.74 Å². The second-order valence-electron chi connectivity index (χ2n) is 13.3. The number of hydrogen-bond acceptors (Lipinski definition) is 6. The quantitative estimate of drug-likeness (QED) is 0.570. The maximum Gasteiger partial charge on any atom is 0.226 e. The summed E-state index contributed by atoms with van der Waals surface area (Å²) < 4.78 is 6.43. The van der Waals surface area contributed by atoms with E-state index in [1.165, 1.54) is 28.1 Å². The molecule has 6 heterocycles. The number of likely N-dealkylation sites (tertiary alicyclic amines) is 1. The highest BCUT2D eigenvalue weighted by atomic mass is 16.6. The maximum absolute atomic E-state index is 14.1. The molecule has 206 valence electrons. The third-order valence-corrected chi connectivity index (χ3v) is 11.2. The lowest BCUT2D eigenvalue weighted by Gasteiger charge is -2.62. The van der Waals surface area contributed by atoms with Gasteiger partial charge in [-0.05, 0) is 61.9 Å². The normalized spacial score (nSPS) is 38.4. The number of para-hydroxylation sites is 1. The van der Waals surface area contributed by atoms with E-state index in [1.807, 2.05) is 0 Å². The summed E-state index contributed by atoms with van der Waals surface area (Å²) in [5.74, 6) is 0.0831. The highest BCUT2D eigenvalue weighted by molar-refractivity contribution is 5.81. The van der Waals surface area contributed by atoms with Crippen LogP contribution in [0.2, 0.25) is 0 Å². The summed E-state index contributed by atoms with van der Waals surface area (Å²) in [6.07, 6.45) is 3.19. The number of rotatable bonds is 5. The van der Waals surface area contributed by atoms with Crippen molar-refractivity contribution < 1.29 is 14.6 Å². The smallest absolute Gasteiger partial charge is 0.226 e. The van der Waals surface area contributed by atoms with Crippen molar-refractivity contribution in [2.24, 2.45) is 0 Å². The van der Waals surface area contributed by atoms with Gasteiger partial charge in [-0.3, -0.25) is 9.69 Å². The van der Waals surface area contributed by atoms with Crippen LogP contribution in [0.1, 0.15) is 75.6 Å². The van der Waals surface area contributed by atoms with Gasteiger partial charge in [0.25, 0.3) is 0 Å². The molecule has 2 bridgehead atoms. The van der Waals surface area contributed by atoms with E-state index >= 15 is 0 Å². The fourth-order valence-corrected chi connectivity index (χ4v) is 9.74. The summed E-state index contributed by atoms with van der Waals surface area (Å²) in [5.41, 5.74) is 6.06. The number of benzene rings is 2. The first-order chi connectivity index (χ1) is 18.8. The lowest BCUT2D eigenvalue weighted by Crippen LogP contribution is -2.73. The van der Waals surface area contributed by atoms with Crippen molar-refractivity contribution in [2.45, 2.75) is 99.9 Å². The van der Waals surface area contributed by atoms with E-state index in [0.717, 1.165) is 25.8 Å². The molecule has 2 N–H and O–H groups in total. The molecule has 0 aromatic heterocycles. The molecular formula is C32H40N4O3. The number of aliphatic hydroxyl groups is 1. The van der Waals surface area contributed by atoms with E-state index in [9.17, 15) is 9.90 Å². The van der Waals surface area contributed by atoms with Crippen molar-refractivity contribution in [2.75, 3.05) is 30.4 Å². The zero-order valence-corrected chi connectivity index (χ0v) is 23.5. The Hall–Kier alpha value is -2.61. The van der Waals surface area contributed by atoms with Gasteiger partial charge in [0, 0.05) is 36.9 Å². The first-order valence-corrected chi connectivity index (χ1v) is 14.9. The Balaban J connectivity index is 1.40. The first kappa shape index (κ1) is 24.2. The SMILES string of the molecule is CCC[C@@H](O)CC(=O)N1CC[C@@]23c4ccccc4N[C@@H]4N(C)c5cccc6c5[C@@]42CCN([C@@H]13)[C@@H]6[C@H]1OC1(C)C. The van der Waals surface area contributed by atoms with E-state index in [-0.39, 0.29) is 53.2 Å². The Morgan fingerprint density at radius 1 is 1.13 bits per heavy atom. The number of carbonyl (C=O) groups excluding carboxylic acids is 1. The molecule has 3 fully saturated rings. The molecule has 6 aliphatic heterocycles. The number of carbonyl (C=O) groups is 1. The van der Waals surface area contributed by atoms with Gasteiger partial charge < -0.3 is 25.0 Å². The lowest BCUT2D eigenvalue weighted by atomic mass is 9.50. The molecule has 3 saturated heterocycles. The van der Waals surface area contributed by atoms with Gasteiger partial charge in [0.05, 0.1) is 35.7 Å². The predicted octanol–water partition coefficient (Wildman–Crippen LogP) is 4.11. The average molecular weight is 529 g/mol. The van der Waals surface area contributed by atoms with Crippen molar-refractivity contribution in [1.82, 2.24) is 9.80 Å². The number of nitrogens with one attached hydrogen (secondary N) is 1. The van der Waals surface area contributed by atoms with E-state index < -0.39 is 6.10 Å². The minimum Gasteiger partial charge on any atom is -0.393 e. The summed E-state index contributed by atoms with van der Waals surface area (Å²) in [7, 11) is 2.24. The highest BCUT2D eigenvalue weighted by Crippen LogP contribution is 2.72. The maximum atomic E-state index is 14.1. The molecule has 39 heavy (non-hydrogen) atoms. The Bertz CT molecular complexity index is 1380. The van der Waals surface area contributed by atoms with Crippen molar-refractivity contribution in [1.29, 1.82) is 0 Å². The molecular weight excluding hydrogens is 488 g/mol. The number of anilines is 2. The molecule has 6 aliphatic rings. The van der Waals surface area contributed by atoms with Gasteiger partial charge in [-0.1, -0.05) is 43.7 Å². The molecule has 1 amide bonds. The molecule has 2 spiro atoms. The number of likely N-dealkylation sites (N-methyl/N-ethyl adjacent to an activating group) is 1. The summed E-state index contributed by atoms with van der Waals surface area (Å²) in [6.45, 7) is 8.09. The van der Waals surface area contributed by atoms with Gasteiger partial charge in [-0.15, -0.1) is 0 Å². The van der Waals surface area contributed by atoms with Crippen LogP contribution in [-0.2, 0) is 20.4 Å². The van der Waals surface area contributed by atoms with Gasteiger partial charge >= 0.3 is 0 Å². The fourth-order valence-electron chi connectivity index (χ4n) is 9.74. The monoisotopic (exact) mass is 528 g/mol. The third-order valence-electron chi connectivity index (χ3n) is 11.2. The standard InChI is InChI=1S/C32H40N4O3/c1-5-9-19(37)18-24(38)35-16-14-31-21-11-6-7-12-22(21)33-28-32(31)15-17-36(29(31)35)26(27-30(2,3)39-27)20-10-8-13-23(25(20)32)34(28)4/h6-8,10-13,19,26-29,33,37H,5,9,14-18H2,1-4H3/t19-,26+,27-,28-,29-,31+,32+/m1/s1. The largest absolute Gasteiger partial charge is 0.393 e. The molecule has 2 aromatic rings. The van der Waals surface area contributed by atoms with Crippen molar-refractivity contribution >= 4 is 17.3 Å². The Morgan fingerprint density at radius 2 is 1.90 bits per heavy atom. The van der Waals surface area contributed by atoms with Crippen LogP contribution in [0.25, 0.3) is 0 Å².